The molecule has 0 saturated carbocycles. The van der Waals surface area contributed by atoms with Crippen LogP contribution in [0.2, 0.25) is 0 Å². The highest BCUT2D eigenvalue weighted by atomic mass is 16.5. The molecule has 0 bridgehead atoms. The minimum absolute atomic E-state index is 0.128. The molecular formula is C21H23NO4. The van der Waals surface area contributed by atoms with E-state index in [1.807, 2.05) is 26.0 Å². The van der Waals surface area contributed by atoms with Crippen LogP contribution in [0.5, 0.6) is 5.75 Å². The molecule has 136 valence electrons. The SMILES string of the molecule is Cc1cc(C(=O)NC2(C)Cc3ccccc3C2)cc(C)c1OCC(=O)O. The van der Waals surface area contributed by atoms with Gasteiger partial charge in [0.15, 0.2) is 6.61 Å². The van der Waals surface area contributed by atoms with E-state index in [1.54, 1.807) is 12.1 Å². The number of benzene rings is 2. The number of fused-ring (bicyclic) bond motifs is 1. The lowest BCUT2D eigenvalue weighted by Gasteiger charge is -2.26. The average molecular weight is 353 g/mol. The van der Waals surface area contributed by atoms with Gasteiger partial charge in [0, 0.05) is 11.1 Å². The van der Waals surface area contributed by atoms with Crippen molar-refractivity contribution in [1.82, 2.24) is 5.32 Å². The van der Waals surface area contributed by atoms with Gasteiger partial charge >= 0.3 is 5.97 Å². The third-order valence-corrected chi connectivity index (χ3v) is 4.76. The quantitative estimate of drug-likeness (QED) is 0.866. The summed E-state index contributed by atoms with van der Waals surface area (Å²) in [5, 5.41) is 11.9. The van der Waals surface area contributed by atoms with Crippen LogP contribution in [-0.4, -0.2) is 29.1 Å². The van der Waals surface area contributed by atoms with Crippen molar-refractivity contribution in [3.8, 4) is 5.75 Å². The zero-order chi connectivity index (χ0) is 18.9. The monoisotopic (exact) mass is 353 g/mol. The van der Waals surface area contributed by atoms with Crippen LogP contribution < -0.4 is 10.1 Å². The van der Waals surface area contributed by atoms with Crippen molar-refractivity contribution >= 4 is 11.9 Å². The van der Waals surface area contributed by atoms with Gasteiger partial charge in [-0.2, -0.15) is 0 Å². The maximum absolute atomic E-state index is 12.8. The molecule has 0 fully saturated rings. The summed E-state index contributed by atoms with van der Waals surface area (Å²) in [6, 6.07) is 11.7. The number of carboxylic acid groups (broad SMARTS) is 1. The number of rotatable bonds is 5. The first kappa shape index (κ1) is 18.0. The summed E-state index contributed by atoms with van der Waals surface area (Å²) in [5.41, 5.74) is 4.30. The Morgan fingerprint density at radius 1 is 1.12 bits per heavy atom. The average Bonchev–Trinajstić information content (AvgIpc) is 2.89. The first-order chi connectivity index (χ1) is 12.3. The lowest BCUT2D eigenvalue weighted by Crippen LogP contribution is -2.46. The second-order valence-corrected chi connectivity index (χ2v) is 7.26. The molecule has 0 saturated heterocycles. The maximum Gasteiger partial charge on any atom is 0.341 e. The molecule has 0 radical (unpaired) electrons. The van der Waals surface area contributed by atoms with Crippen LogP contribution in [0, 0.1) is 13.8 Å². The maximum atomic E-state index is 12.8. The minimum Gasteiger partial charge on any atom is -0.481 e. The van der Waals surface area contributed by atoms with Crippen molar-refractivity contribution in [2.75, 3.05) is 6.61 Å². The van der Waals surface area contributed by atoms with Crippen LogP contribution in [0.1, 0.15) is 39.5 Å². The molecule has 1 amide bonds. The molecule has 1 aliphatic carbocycles. The first-order valence-corrected chi connectivity index (χ1v) is 8.62. The Kier molecular flexibility index (Phi) is 4.72. The summed E-state index contributed by atoms with van der Waals surface area (Å²) < 4.78 is 5.33. The normalized spacial score (nSPS) is 14.6. The van der Waals surface area contributed by atoms with Gasteiger partial charge in [-0.05, 0) is 68.0 Å². The van der Waals surface area contributed by atoms with Crippen LogP contribution in [0.25, 0.3) is 0 Å². The Bertz CT molecular complexity index is 824. The summed E-state index contributed by atoms with van der Waals surface area (Å²) in [6.45, 7) is 5.29. The number of ether oxygens (including phenoxy) is 1. The smallest absolute Gasteiger partial charge is 0.341 e. The van der Waals surface area contributed by atoms with Crippen molar-refractivity contribution in [3.63, 3.8) is 0 Å². The van der Waals surface area contributed by atoms with E-state index in [0.717, 1.165) is 24.0 Å². The van der Waals surface area contributed by atoms with Gasteiger partial charge in [0.25, 0.3) is 5.91 Å². The third kappa shape index (κ3) is 3.72. The fraction of sp³-hybridized carbons (Fsp3) is 0.333. The fourth-order valence-corrected chi connectivity index (χ4v) is 3.68. The van der Waals surface area contributed by atoms with Gasteiger partial charge in [0.2, 0.25) is 0 Å². The zero-order valence-corrected chi connectivity index (χ0v) is 15.3. The number of nitrogens with one attached hydrogen (secondary N) is 1. The van der Waals surface area contributed by atoms with Crippen molar-refractivity contribution in [2.24, 2.45) is 0 Å². The van der Waals surface area contributed by atoms with Crippen LogP contribution >= 0.6 is 0 Å². The van der Waals surface area contributed by atoms with Gasteiger partial charge in [-0.3, -0.25) is 4.79 Å². The molecule has 26 heavy (non-hydrogen) atoms. The molecule has 5 nitrogen and oxygen atoms in total. The van der Waals surface area contributed by atoms with E-state index in [0.29, 0.717) is 11.3 Å². The predicted octanol–water partition coefficient (Wildman–Crippen LogP) is 3.05. The minimum atomic E-state index is -1.03. The molecule has 0 atom stereocenters. The second-order valence-electron chi connectivity index (χ2n) is 7.26. The van der Waals surface area contributed by atoms with Gasteiger partial charge in [-0.1, -0.05) is 24.3 Å². The lowest BCUT2D eigenvalue weighted by molar-refractivity contribution is -0.139. The molecule has 2 aromatic carbocycles. The summed E-state index contributed by atoms with van der Waals surface area (Å²) >= 11 is 0. The largest absolute Gasteiger partial charge is 0.481 e. The van der Waals surface area contributed by atoms with Crippen LogP contribution in [0.4, 0.5) is 0 Å². The molecule has 0 heterocycles. The molecule has 2 N–H and O–H groups in total. The highest BCUT2D eigenvalue weighted by Crippen LogP contribution is 2.30. The number of hydrogen-bond donors (Lipinski definition) is 2. The third-order valence-electron chi connectivity index (χ3n) is 4.76. The van der Waals surface area contributed by atoms with Crippen molar-refractivity contribution < 1.29 is 19.4 Å². The number of aryl methyl sites for hydroxylation is 2. The summed E-state index contributed by atoms with van der Waals surface area (Å²) in [6.07, 6.45) is 1.62. The van der Waals surface area contributed by atoms with E-state index in [2.05, 4.69) is 24.4 Å². The Labute approximate surface area is 153 Å². The summed E-state index contributed by atoms with van der Waals surface area (Å²) in [4.78, 5) is 23.5. The molecule has 0 aliphatic heterocycles. The van der Waals surface area contributed by atoms with Gasteiger partial charge in [-0.25, -0.2) is 4.79 Å². The number of hydrogen-bond acceptors (Lipinski definition) is 3. The van der Waals surface area contributed by atoms with E-state index >= 15 is 0 Å². The van der Waals surface area contributed by atoms with E-state index in [1.165, 1.54) is 11.1 Å². The van der Waals surface area contributed by atoms with Crippen LogP contribution in [-0.2, 0) is 17.6 Å². The zero-order valence-electron chi connectivity index (χ0n) is 15.3. The van der Waals surface area contributed by atoms with Gasteiger partial charge in [0.05, 0.1) is 0 Å². The highest BCUT2D eigenvalue weighted by molar-refractivity contribution is 5.95. The second kappa shape index (κ2) is 6.83. The number of carbonyl (C=O) groups excluding carboxylic acids is 1. The molecule has 3 rings (SSSR count). The standard InChI is InChI=1S/C21H23NO4/c1-13-8-17(9-14(2)19(13)26-12-18(23)24)20(25)22-21(3)10-15-6-4-5-7-16(15)11-21/h4-9H,10-12H2,1-3H3,(H,22,25)(H,23,24). The predicted molar refractivity (Wildman–Crippen MR) is 98.8 cm³/mol. The Morgan fingerprint density at radius 2 is 1.65 bits per heavy atom. The lowest BCUT2D eigenvalue weighted by atomic mass is 9.97. The van der Waals surface area contributed by atoms with Crippen LogP contribution in [0.15, 0.2) is 36.4 Å². The van der Waals surface area contributed by atoms with Crippen molar-refractivity contribution in [1.29, 1.82) is 0 Å². The molecule has 0 aromatic heterocycles. The Hall–Kier alpha value is -2.82. The molecule has 1 aliphatic rings. The Balaban J connectivity index is 1.75. The fourth-order valence-electron chi connectivity index (χ4n) is 3.68. The molecular weight excluding hydrogens is 330 g/mol. The molecule has 0 unspecified atom stereocenters. The molecule has 5 heteroatoms. The van der Waals surface area contributed by atoms with E-state index in [9.17, 15) is 9.59 Å². The van der Waals surface area contributed by atoms with E-state index in [4.69, 9.17) is 9.84 Å². The van der Waals surface area contributed by atoms with E-state index in [-0.39, 0.29) is 11.4 Å². The topological polar surface area (TPSA) is 75.6 Å². The Morgan fingerprint density at radius 3 is 2.15 bits per heavy atom. The molecule has 0 spiro atoms. The number of amides is 1. The van der Waals surface area contributed by atoms with Crippen LogP contribution in [0.3, 0.4) is 0 Å². The van der Waals surface area contributed by atoms with Gasteiger partial charge in [-0.15, -0.1) is 0 Å². The van der Waals surface area contributed by atoms with Crippen molar-refractivity contribution in [3.05, 3.63) is 64.2 Å². The first-order valence-electron chi connectivity index (χ1n) is 8.62. The number of aliphatic carboxylic acids is 1. The van der Waals surface area contributed by atoms with E-state index < -0.39 is 12.6 Å². The number of carboxylic acids is 1. The summed E-state index contributed by atoms with van der Waals surface area (Å²) in [7, 11) is 0. The van der Waals surface area contributed by atoms with Gasteiger partial charge < -0.3 is 15.2 Å². The van der Waals surface area contributed by atoms with Gasteiger partial charge in [0.1, 0.15) is 5.75 Å². The molecule has 2 aromatic rings. The summed E-state index contributed by atoms with van der Waals surface area (Å²) in [5.74, 6) is -0.640. The number of carbonyl (C=O) groups is 2. The van der Waals surface area contributed by atoms with Crippen molar-refractivity contribution in [2.45, 2.75) is 39.2 Å². The highest BCUT2D eigenvalue weighted by Gasteiger charge is 2.34.